The highest BCUT2D eigenvalue weighted by atomic mass is 16.2. The lowest BCUT2D eigenvalue weighted by Crippen LogP contribution is -2.24. The largest absolute Gasteiger partial charge is 0.345 e. The highest BCUT2D eigenvalue weighted by Gasteiger charge is 2.19. The van der Waals surface area contributed by atoms with Gasteiger partial charge in [0, 0.05) is 30.7 Å². The SMILES string of the molecule is Cc1nn(C2CCCC2)cc1CNC(=O)c1nc2ncccn2n1. The van der Waals surface area contributed by atoms with E-state index in [0.717, 1.165) is 11.3 Å². The molecule has 8 nitrogen and oxygen atoms in total. The quantitative estimate of drug-likeness (QED) is 0.788. The van der Waals surface area contributed by atoms with Gasteiger partial charge in [0.1, 0.15) is 0 Å². The van der Waals surface area contributed by atoms with Crippen molar-refractivity contribution >= 4 is 11.7 Å². The third-order valence-electron chi connectivity index (χ3n) is 4.48. The molecule has 3 heterocycles. The lowest BCUT2D eigenvalue weighted by molar-refractivity contribution is 0.0940. The van der Waals surface area contributed by atoms with E-state index in [0.29, 0.717) is 18.4 Å². The molecule has 3 aromatic heterocycles. The van der Waals surface area contributed by atoms with Crippen LogP contribution in [0.15, 0.2) is 24.7 Å². The smallest absolute Gasteiger partial charge is 0.291 e. The third kappa shape index (κ3) is 2.75. The zero-order valence-electron chi connectivity index (χ0n) is 13.5. The van der Waals surface area contributed by atoms with Crippen molar-refractivity contribution in [1.29, 1.82) is 0 Å². The summed E-state index contributed by atoms with van der Waals surface area (Å²) in [6.45, 7) is 2.39. The number of nitrogens with one attached hydrogen (secondary N) is 1. The monoisotopic (exact) mass is 325 g/mol. The van der Waals surface area contributed by atoms with Crippen LogP contribution in [0, 0.1) is 6.92 Å². The van der Waals surface area contributed by atoms with E-state index in [9.17, 15) is 4.79 Å². The number of aryl methyl sites for hydroxylation is 1. The average Bonchev–Trinajstić information content (AvgIpc) is 3.31. The molecule has 0 spiro atoms. The van der Waals surface area contributed by atoms with Crippen molar-refractivity contribution in [1.82, 2.24) is 34.7 Å². The predicted molar refractivity (Wildman–Crippen MR) is 86.4 cm³/mol. The lowest BCUT2D eigenvalue weighted by Gasteiger charge is -2.08. The molecule has 0 saturated heterocycles. The van der Waals surface area contributed by atoms with Crippen LogP contribution in [0.25, 0.3) is 5.78 Å². The van der Waals surface area contributed by atoms with Crippen LogP contribution in [0.4, 0.5) is 0 Å². The van der Waals surface area contributed by atoms with Crippen LogP contribution < -0.4 is 5.32 Å². The third-order valence-corrected chi connectivity index (χ3v) is 4.48. The van der Waals surface area contributed by atoms with E-state index in [1.165, 1.54) is 30.2 Å². The number of rotatable bonds is 4. The highest BCUT2D eigenvalue weighted by Crippen LogP contribution is 2.29. The number of fused-ring (bicyclic) bond motifs is 1. The molecular weight excluding hydrogens is 306 g/mol. The number of aromatic nitrogens is 6. The Labute approximate surface area is 138 Å². The second-order valence-corrected chi connectivity index (χ2v) is 6.14. The number of nitrogens with zero attached hydrogens (tertiary/aromatic N) is 6. The van der Waals surface area contributed by atoms with Gasteiger partial charge in [-0.3, -0.25) is 9.48 Å². The summed E-state index contributed by atoms with van der Waals surface area (Å²) < 4.78 is 3.54. The summed E-state index contributed by atoms with van der Waals surface area (Å²) in [4.78, 5) is 20.4. The summed E-state index contributed by atoms with van der Waals surface area (Å²) in [6.07, 6.45) is 10.3. The lowest BCUT2D eigenvalue weighted by atomic mass is 10.2. The molecule has 124 valence electrons. The van der Waals surface area contributed by atoms with E-state index in [1.54, 1.807) is 18.5 Å². The first-order chi connectivity index (χ1) is 11.7. The Hall–Kier alpha value is -2.77. The first-order valence-corrected chi connectivity index (χ1v) is 8.21. The molecule has 0 aromatic carbocycles. The Morgan fingerprint density at radius 3 is 2.96 bits per heavy atom. The molecular formula is C16H19N7O. The fourth-order valence-electron chi connectivity index (χ4n) is 3.13. The molecule has 1 N–H and O–H groups in total. The minimum absolute atomic E-state index is 0.120. The van der Waals surface area contributed by atoms with E-state index >= 15 is 0 Å². The maximum atomic E-state index is 12.3. The van der Waals surface area contributed by atoms with Crippen molar-refractivity contribution in [2.75, 3.05) is 0 Å². The summed E-state index contributed by atoms with van der Waals surface area (Å²) in [7, 11) is 0. The maximum absolute atomic E-state index is 12.3. The van der Waals surface area contributed by atoms with E-state index in [-0.39, 0.29) is 11.7 Å². The Kier molecular flexibility index (Phi) is 3.72. The van der Waals surface area contributed by atoms with Gasteiger partial charge in [0.2, 0.25) is 5.82 Å². The van der Waals surface area contributed by atoms with Crippen LogP contribution in [0.1, 0.15) is 53.6 Å². The van der Waals surface area contributed by atoms with Gasteiger partial charge in [-0.2, -0.15) is 10.1 Å². The van der Waals surface area contributed by atoms with E-state index in [2.05, 4.69) is 30.2 Å². The number of carbonyl (C=O) groups excluding carboxylic acids is 1. The standard InChI is InChI=1S/C16H19N7O/c1-11-12(10-23(20-11)13-5-2-3-6-13)9-18-15(24)14-19-16-17-7-4-8-22(16)21-14/h4,7-8,10,13H,2-3,5-6,9H2,1H3,(H,18,24). The zero-order valence-corrected chi connectivity index (χ0v) is 13.5. The normalized spacial score (nSPS) is 15.2. The number of hydrogen-bond donors (Lipinski definition) is 1. The van der Waals surface area contributed by atoms with E-state index in [4.69, 9.17) is 0 Å². The summed E-state index contributed by atoms with van der Waals surface area (Å²) >= 11 is 0. The van der Waals surface area contributed by atoms with Crippen molar-refractivity contribution in [3.8, 4) is 0 Å². The topological polar surface area (TPSA) is 90.0 Å². The molecule has 1 aliphatic rings. The van der Waals surface area contributed by atoms with Crippen LogP contribution >= 0.6 is 0 Å². The Morgan fingerprint density at radius 2 is 2.17 bits per heavy atom. The molecule has 24 heavy (non-hydrogen) atoms. The van der Waals surface area contributed by atoms with Crippen molar-refractivity contribution in [2.45, 2.75) is 45.2 Å². The van der Waals surface area contributed by atoms with Gasteiger partial charge < -0.3 is 5.32 Å². The molecule has 4 rings (SSSR count). The zero-order chi connectivity index (χ0) is 16.5. The molecule has 8 heteroatoms. The van der Waals surface area contributed by atoms with Crippen molar-refractivity contribution in [2.24, 2.45) is 0 Å². The van der Waals surface area contributed by atoms with Crippen molar-refractivity contribution < 1.29 is 4.79 Å². The first-order valence-electron chi connectivity index (χ1n) is 8.21. The Balaban J connectivity index is 1.45. The Morgan fingerprint density at radius 1 is 1.33 bits per heavy atom. The number of carbonyl (C=O) groups is 1. The average molecular weight is 325 g/mol. The molecule has 1 amide bonds. The predicted octanol–water partition coefficient (Wildman–Crippen LogP) is 1.67. The highest BCUT2D eigenvalue weighted by molar-refractivity contribution is 5.90. The molecule has 1 fully saturated rings. The van der Waals surface area contributed by atoms with E-state index in [1.807, 2.05) is 13.1 Å². The molecule has 0 aliphatic heterocycles. The van der Waals surface area contributed by atoms with Gasteiger partial charge in [-0.1, -0.05) is 12.8 Å². The molecule has 0 bridgehead atoms. The fraction of sp³-hybridized carbons (Fsp3) is 0.438. The van der Waals surface area contributed by atoms with Gasteiger partial charge in [0.05, 0.1) is 11.7 Å². The van der Waals surface area contributed by atoms with Gasteiger partial charge in [-0.25, -0.2) is 9.50 Å². The fourth-order valence-corrected chi connectivity index (χ4v) is 3.13. The van der Waals surface area contributed by atoms with Gasteiger partial charge >= 0.3 is 0 Å². The first kappa shape index (κ1) is 14.8. The van der Waals surface area contributed by atoms with Crippen molar-refractivity contribution in [3.63, 3.8) is 0 Å². The van der Waals surface area contributed by atoms with E-state index < -0.39 is 0 Å². The summed E-state index contributed by atoms with van der Waals surface area (Å²) in [5, 5.41) is 11.6. The molecule has 0 unspecified atom stereocenters. The minimum atomic E-state index is -0.312. The van der Waals surface area contributed by atoms with Gasteiger partial charge in [0.25, 0.3) is 11.7 Å². The maximum Gasteiger partial charge on any atom is 0.291 e. The second kappa shape index (κ2) is 6.03. The minimum Gasteiger partial charge on any atom is -0.345 e. The van der Waals surface area contributed by atoms with Crippen LogP contribution in [-0.4, -0.2) is 35.3 Å². The molecule has 3 aromatic rings. The van der Waals surface area contributed by atoms with Gasteiger partial charge in [0.15, 0.2) is 0 Å². The van der Waals surface area contributed by atoms with Gasteiger partial charge in [-0.15, -0.1) is 5.10 Å². The number of hydrogen-bond acceptors (Lipinski definition) is 5. The molecule has 1 saturated carbocycles. The van der Waals surface area contributed by atoms with Crippen LogP contribution in [0.2, 0.25) is 0 Å². The number of amides is 1. The second-order valence-electron chi connectivity index (χ2n) is 6.14. The van der Waals surface area contributed by atoms with Crippen LogP contribution in [-0.2, 0) is 6.54 Å². The summed E-state index contributed by atoms with van der Waals surface area (Å²) in [6, 6.07) is 2.24. The molecule has 1 aliphatic carbocycles. The summed E-state index contributed by atoms with van der Waals surface area (Å²) in [5.41, 5.74) is 1.98. The molecule has 0 atom stereocenters. The van der Waals surface area contributed by atoms with Crippen molar-refractivity contribution in [3.05, 3.63) is 41.7 Å². The Bertz CT molecular complexity index is 843. The van der Waals surface area contributed by atoms with Gasteiger partial charge in [-0.05, 0) is 25.8 Å². The summed E-state index contributed by atoms with van der Waals surface area (Å²) in [5.74, 6) is 0.218. The van der Waals surface area contributed by atoms with Crippen LogP contribution in [0.3, 0.4) is 0 Å². The van der Waals surface area contributed by atoms with Crippen LogP contribution in [0.5, 0.6) is 0 Å². The molecule has 0 radical (unpaired) electrons.